The fourth-order valence-electron chi connectivity index (χ4n) is 6.18. The molecule has 16 heteroatoms. The van der Waals surface area contributed by atoms with Crippen LogP contribution in [0.25, 0.3) is 0 Å². The smallest absolute Gasteiger partial charge is 0.430 e. The molecule has 0 aromatic heterocycles. The molecule has 1 saturated heterocycles. The van der Waals surface area contributed by atoms with Crippen LogP contribution in [0, 0.1) is 17.8 Å². The molecule has 4 aliphatic carbocycles. The molecule has 0 aromatic carbocycles. The van der Waals surface area contributed by atoms with Gasteiger partial charge in [-0.25, -0.2) is 9.59 Å². The fourth-order valence-corrected chi connectivity index (χ4v) is 7.04. The van der Waals surface area contributed by atoms with E-state index in [-0.39, 0.29) is 30.6 Å². The minimum Gasteiger partial charge on any atom is -0.457 e. The summed E-state index contributed by atoms with van der Waals surface area (Å²) in [4.78, 5) is 24.1. The monoisotopic (exact) mass is 526 g/mol. The van der Waals surface area contributed by atoms with Crippen LogP contribution in [0.3, 0.4) is 0 Å². The summed E-state index contributed by atoms with van der Waals surface area (Å²) in [5.41, 5.74) is -1.09. The van der Waals surface area contributed by atoms with Crippen LogP contribution in [0.1, 0.15) is 32.1 Å². The number of carbonyl (C=O) groups excluding carboxylic acids is 2. The molecule has 4 bridgehead atoms. The summed E-state index contributed by atoms with van der Waals surface area (Å²) < 4.78 is 125. The second kappa shape index (κ2) is 7.67. The normalized spacial score (nSPS) is 32.7. The molecule has 4 saturated carbocycles. The SMILES string of the molecule is O=C(COC(=O)C(C(F)(F)F)(C(F)(F)F)S(=O)(=O)O)OC12CC3CC(C1)C1(OCCO1)C(C3)C2. The molecule has 1 N–H and O–H groups in total. The van der Waals surface area contributed by atoms with Crippen molar-refractivity contribution in [1.82, 2.24) is 0 Å². The standard InChI is InChI=1S/C18H20F6O9S/c19-17(20,21)16(18(22,23)24,34(27,28)29)13(26)30-8-12(25)33-14-5-9-3-10(6-14)15(11(4-9)7-14)31-1-2-32-15/h9-11H,1-8H2,(H,27,28,29). The van der Waals surface area contributed by atoms with E-state index in [0.29, 0.717) is 19.6 Å². The Morgan fingerprint density at radius 2 is 1.44 bits per heavy atom. The molecule has 194 valence electrons. The molecule has 2 unspecified atom stereocenters. The summed E-state index contributed by atoms with van der Waals surface area (Å²) in [5, 5.41) is 0. The van der Waals surface area contributed by atoms with Gasteiger partial charge in [-0.05, 0) is 38.0 Å². The van der Waals surface area contributed by atoms with Crippen LogP contribution in [0.2, 0.25) is 0 Å². The molecule has 1 aliphatic heterocycles. The Morgan fingerprint density at radius 3 is 1.88 bits per heavy atom. The number of carbonyl (C=O) groups is 2. The molecular formula is C18H20F6O9S. The quantitative estimate of drug-likeness (QED) is 0.326. The van der Waals surface area contributed by atoms with E-state index in [2.05, 4.69) is 4.74 Å². The van der Waals surface area contributed by atoms with E-state index in [9.17, 15) is 44.3 Å². The number of rotatable bonds is 5. The number of alkyl halides is 6. The lowest BCUT2D eigenvalue weighted by molar-refractivity contribution is -0.315. The summed E-state index contributed by atoms with van der Waals surface area (Å²) in [7, 11) is -7.15. The predicted octanol–water partition coefficient (Wildman–Crippen LogP) is 2.15. The third kappa shape index (κ3) is 3.59. The van der Waals surface area contributed by atoms with Gasteiger partial charge < -0.3 is 18.9 Å². The lowest BCUT2D eigenvalue weighted by Gasteiger charge is -2.61. The number of halogens is 6. The summed E-state index contributed by atoms with van der Waals surface area (Å²) >= 11 is 0. The molecule has 5 fully saturated rings. The number of esters is 2. The lowest BCUT2D eigenvalue weighted by atomic mass is 9.51. The zero-order chi connectivity index (χ0) is 25.4. The van der Waals surface area contributed by atoms with E-state index in [1.54, 1.807) is 0 Å². The number of hydrogen-bond donors (Lipinski definition) is 1. The van der Waals surface area contributed by atoms with Gasteiger partial charge in [0, 0.05) is 11.8 Å². The van der Waals surface area contributed by atoms with E-state index in [1.807, 2.05) is 0 Å². The van der Waals surface area contributed by atoms with Crippen LogP contribution < -0.4 is 0 Å². The van der Waals surface area contributed by atoms with Gasteiger partial charge in [0.1, 0.15) is 5.60 Å². The summed E-state index contributed by atoms with van der Waals surface area (Å²) in [5.74, 6) is -5.82. The maximum absolute atomic E-state index is 13.2. The Balaban J connectivity index is 1.48. The van der Waals surface area contributed by atoms with Gasteiger partial charge in [0.05, 0.1) is 13.2 Å². The maximum Gasteiger partial charge on any atom is 0.430 e. The molecular weight excluding hydrogens is 506 g/mol. The van der Waals surface area contributed by atoms with Gasteiger partial charge >= 0.3 is 39.2 Å². The molecule has 2 atom stereocenters. The third-order valence-electron chi connectivity index (χ3n) is 7.13. The zero-order valence-corrected chi connectivity index (χ0v) is 18.1. The second-order valence-electron chi connectivity index (χ2n) is 9.15. The van der Waals surface area contributed by atoms with Crippen molar-refractivity contribution in [2.75, 3.05) is 19.8 Å². The largest absolute Gasteiger partial charge is 0.457 e. The molecule has 0 amide bonds. The summed E-state index contributed by atoms with van der Waals surface area (Å²) in [6, 6.07) is 0. The highest BCUT2D eigenvalue weighted by atomic mass is 32.2. The van der Waals surface area contributed by atoms with Crippen molar-refractivity contribution in [2.45, 2.75) is 60.6 Å². The molecule has 1 spiro atoms. The first kappa shape index (κ1) is 25.4. The average Bonchev–Trinajstić information content (AvgIpc) is 3.11. The molecule has 9 nitrogen and oxygen atoms in total. The first-order valence-corrected chi connectivity index (χ1v) is 11.7. The fraction of sp³-hybridized carbons (Fsp3) is 0.889. The topological polar surface area (TPSA) is 125 Å². The van der Waals surface area contributed by atoms with Crippen molar-refractivity contribution >= 4 is 22.1 Å². The predicted molar refractivity (Wildman–Crippen MR) is 94.4 cm³/mol. The van der Waals surface area contributed by atoms with Gasteiger partial charge in [-0.15, -0.1) is 0 Å². The van der Waals surface area contributed by atoms with Crippen molar-refractivity contribution in [3.05, 3.63) is 0 Å². The van der Waals surface area contributed by atoms with E-state index in [4.69, 9.17) is 18.8 Å². The van der Waals surface area contributed by atoms with Crippen molar-refractivity contribution in [1.29, 1.82) is 0 Å². The van der Waals surface area contributed by atoms with Crippen molar-refractivity contribution in [3.8, 4) is 0 Å². The Hall–Kier alpha value is -1.65. The summed E-state index contributed by atoms with van der Waals surface area (Å²) in [6.07, 6.45) is -11.3. The van der Waals surface area contributed by atoms with Crippen molar-refractivity contribution < 1.29 is 67.8 Å². The third-order valence-corrected chi connectivity index (χ3v) is 8.54. The molecule has 5 aliphatic rings. The van der Waals surface area contributed by atoms with Crippen LogP contribution in [0.15, 0.2) is 0 Å². The Morgan fingerprint density at radius 1 is 0.941 bits per heavy atom. The number of ether oxygens (including phenoxy) is 4. The number of hydrogen-bond acceptors (Lipinski definition) is 8. The second-order valence-corrected chi connectivity index (χ2v) is 10.7. The van der Waals surface area contributed by atoms with E-state index < -0.39 is 57.2 Å². The Kier molecular flexibility index (Phi) is 5.74. The minimum atomic E-state index is -7.15. The van der Waals surface area contributed by atoms with Gasteiger partial charge in [0.2, 0.25) is 0 Å². The van der Waals surface area contributed by atoms with Crippen LogP contribution >= 0.6 is 0 Å². The van der Waals surface area contributed by atoms with E-state index in [1.165, 1.54) is 0 Å². The minimum absolute atomic E-state index is 0.133. The van der Waals surface area contributed by atoms with E-state index in [0.717, 1.165) is 12.8 Å². The van der Waals surface area contributed by atoms with Crippen molar-refractivity contribution in [2.24, 2.45) is 17.8 Å². The highest BCUT2D eigenvalue weighted by Gasteiger charge is 2.85. The van der Waals surface area contributed by atoms with Crippen molar-refractivity contribution in [3.63, 3.8) is 0 Å². The average molecular weight is 526 g/mol. The molecule has 5 rings (SSSR count). The van der Waals surface area contributed by atoms with Gasteiger partial charge in [0.25, 0.3) is 0 Å². The van der Waals surface area contributed by atoms with Gasteiger partial charge in [-0.1, -0.05) is 0 Å². The van der Waals surface area contributed by atoms with Crippen LogP contribution in [0.5, 0.6) is 0 Å². The molecule has 34 heavy (non-hydrogen) atoms. The molecule has 0 aromatic rings. The van der Waals surface area contributed by atoms with Gasteiger partial charge in [-0.3, -0.25) is 4.55 Å². The first-order chi connectivity index (χ1) is 15.5. The summed E-state index contributed by atoms with van der Waals surface area (Å²) in [6.45, 7) is -0.926. The lowest BCUT2D eigenvalue weighted by Crippen LogP contribution is -2.67. The Bertz CT molecular complexity index is 937. The highest BCUT2D eigenvalue weighted by molar-refractivity contribution is 7.88. The molecule has 0 radical (unpaired) electrons. The van der Waals surface area contributed by atoms with Gasteiger partial charge in [-0.2, -0.15) is 34.8 Å². The first-order valence-electron chi connectivity index (χ1n) is 10.2. The van der Waals surface area contributed by atoms with Crippen LogP contribution in [0.4, 0.5) is 26.3 Å². The maximum atomic E-state index is 13.2. The van der Waals surface area contributed by atoms with Crippen LogP contribution in [-0.4, -0.2) is 73.2 Å². The Labute approximate surface area is 188 Å². The zero-order valence-electron chi connectivity index (χ0n) is 17.3. The molecule has 1 heterocycles. The van der Waals surface area contributed by atoms with Crippen LogP contribution in [-0.2, 0) is 38.7 Å². The highest BCUT2D eigenvalue weighted by Crippen LogP contribution is 2.63. The van der Waals surface area contributed by atoms with E-state index >= 15 is 0 Å². The van der Waals surface area contributed by atoms with Gasteiger partial charge in [0.15, 0.2) is 12.4 Å².